The van der Waals surface area contributed by atoms with E-state index in [9.17, 15) is 23.1 Å². The second-order valence-corrected chi connectivity index (χ2v) is 8.60. The lowest BCUT2D eigenvalue weighted by Crippen LogP contribution is -2.58. The van der Waals surface area contributed by atoms with Gasteiger partial charge < -0.3 is 9.67 Å². The molecule has 5 nitrogen and oxygen atoms in total. The fourth-order valence-electron chi connectivity index (χ4n) is 5.38. The fraction of sp³-hybridized carbons (Fsp3) is 0.591. The zero-order chi connectivity index (χ0) is 21.6. The predicted octanol–water partition coefficient (Wildman–Crippen LogP) is 4.99. The molecule has 164 valence electrons. The van der Waals surface area contributed by atoms with Crippen LogP contribution in [0.25, 0.3) is 10.9 Å². The van der Waals surface area contributed by atoms with Gasteiger partial charge in [0.05, 0.1) is 11.7 Å². The lowest BCUT2D eigenvalue weighted by molar-refractivity contribution is -0.356. The quantitative estimate of drug-likeness (QED) is 0.735. The number of hydrogen-bond acceptors (Lipinski definition) is 3. The van der Waals surface area contributed by atoms with Gasteiger partial charge in [0, 0.05) is 41.8 Å². The molecule has 1 N–H and O–H groups in total. The van der Waals surface area contributed by atoms with Gasteiger partial charge in [0.25, 0.3) is 0 Å². The van der Waals surface area contributed by atoms with E-state index >= 15 is 0 Å². The highest BCUT2D eigenvalue weighted by Gasteiger charge is 2.42. The van der Waals surface area contributed by atoms with Crippen molar-refractivity contribution in [3.63, 3.8) is 0 Å². The van der Waals surface area contributed by atoms with Crippen LogP contribution in [-0.4, -0.2) is 52.1 Å². The fourth-order valence-corrected chi connectivity index (χ4v) is 5.38. The number of aromatic nitrogens is 1. The number of rotatable bonds is 5. The number of fused-ring (bicyclic) bond motifs is 1. The number of benzene rings is 1. The van der Waals surface area contributed by atoms with Crippen LogP contribution in [-0.2, 0) is 4.74 Å². The van der Waals surface area contributed by atoms with E-state index in [0.29, 0.717) is 30.6 Å². The molecule has 8 heteroatoms. The van der Waals surface area contributed by atoms with E-state index in [4.69, 9.17) is 0 Å². The van der Waals surface area contributed by atoms with Crippen molar-refractivity contribution < 1.29 is 27.8 Å². The van der Waals surface area contributed by atoms with Crippen LogP contribution in [0.4, 0.5) is 13.2 Å². The molecule has 1 aromatic carbocycles. The molecule has 4 rings (SSSR count). The highest BCUT2D eigenvalue weighted by Crippen LogP contribution is 2.40. The Morgan fingerprint density at radius 1 is 1.17 bits per heavy atom. The Labute approximate surface area is 173 Å². The second kappa shape index (κ2) is 7.89. The van der Waals surface area contributed by atoms with E-state index in [-0.39, 0.29) is 6.04 Å². The van der Waals surface area contributed by atoms with Crippen LogP contribution < -0.4 is 0 Å². The maximum atomic E-state index is 12.3. The average Bonchev–Trinajstić information content (AvgIpc) is 2.95. The maximum Gasteiger partial charge on any atom is 0.522 e. The third-order valence-corrected chi connectivity index (χ3v) is 6.89. The molecular formula is C22H27F3N2O3. The first-order chi connectivity index (χ1) is 14.2. The van der Waals surface area contributed by atoms with Crippen LogP contribution in [0.15, 0.2) is 24.3 Å². The minimum Gasteiger partial charge on any atom is -0.478 e. The average molecular weight is 424 g/mol. The van der Waals surface area contributed by atoms with Crippen molar-refractivity contribution in [3.05, 3.63) is 35.5 Å². The number of hydrogen-bond donors (Lipinski definition) is 1. The van der Waals surface area contributed by atoms with Gasteiger partial charge in [0.15, 0.2) is 0 Å². The Morgan fingerprint density at radius 3 is 2.40 bits per heavy atom. The van der Waals surface area contributed by atoms with E-state index < -0.39 is 18.4 Å². The molecule has 1 saturated carbocycles. The van der Waals surface area contributed by atoms with Gasteiger partial charge in [-0.05, 0) is 51.5 Å². The Morgan fingerprint density at radius 2 is 1.80 bits per heavy atom. The summed E-state index contributed by atoms with van der Waals surface area (Å²) in [7, 11) is 0. The largest absolute Gasteiger partial charge is 0.522 e. The van der Waals surface area contributed by atoms with Crippen molar-refractivity contribution in [1.29, 1.82) is 0 Å². The Bertz CT molecular complexity index is 926. The molecule has 1 atom stereocenters. The van der Waals surface area contributed by atoms with Crippen molar-refractivity contribution in [2.45, 2.75) is 64.1 Å². The summed E-state index contributed by atoms with van der Waals surface area (Å²) in [6, 6.07) is 8.07. The van der Waals surface area contributed by atoms with Gasteiger partial charge in [0.1, 0.15) is 0 Å². The Hall–Kier alpha value is -2.06. The number of para-hydroxylation sites is 1. The first-order valence-electron chi connectivity index (χ1n) is 10.5. The van der Waals surface area contributed by atoms with E-state index in [0.717, 1.165) is 42.3 Å². The van der Waals surface area contributed by atoms with Crippen molar-refractivity contribution in [2.75, 3.05) is 13.1 Å². The molecule has 1 saturated heterocycles. The van der Waals surface area contributed by atoms with E-state index in [1.807, 2.05) is 31.2 Å². The molecule has 30 heavy (non-hydrogen) atoms. The standard InChI is InChI=1S/C22H27F3N2O3/c1-13(27-14(2)20(21(28)29)18-5-3-4-6-19(18)27)15-7-9-16(10-8-15)26-11-17(12-26)30-22(23,24)25/h3-6,13,15-17H,7-12H2,1-2H3,(H,28,29). The summed E-state index contributed by atoms with van der Waals surface area (Å²) in [5.41, 5.74) is 2.08. The molecule has 1 aromatic heterocycles. The van der Waals surface area contributed by atoms with Gasteiger partial charge in [-0.25, -0.2) is 4.79 Å². The molecular weight excluding hydrogens is 397 g/mol. The third kappa shape index (κ3) is 3.95. The highest BCUT2D eigenvalue weighted by atomic mass is 19.4. The molecule has 2 heterocycles. The summed E-state index contributed by atoms with van der Waals surface area (Å²) < 4.78 is 43.2. The van der Waals surface area contributed by atoms with Crippen LogP contribution in [0.2, 0.25) is 0 Å². The molecule has 1 aliphatic carbocycles. The molecule has 2 aliphatic rings. The number of carboxylic acids is 1. The first-order valence-corrected chi connectivity index (χ1v) is 10.5. The monoisotopic (exact) mass is 424 g/mol. The molecule has 0 bridgehead atoms. The molecule has 2 aromatic rings. The summed E-state index contributed by atoms with van der Waals surface area (Å²) in [5, 5.41) is 10.5. The van der Waals surface area contributed by atoms with Crippen LogP contribution in [0, 0.1) is 12.8 Å². The Balaban J connectivity index is 1.42. The van der Waals surface area contributed by atoms with Crippen molar-refractivity contribution in [1.82, 2.24) is 9.47 Å². The van der Waals surface area contributed by atoms with Gasteiger partial charge in [0.2, 0.25) is 0 Å². The Kier molecular flexibility index (Phi) is 5.57. The number of carbonyl (C=O) groups is 1. The summed E-state index contributed by atoms with van der Waals surface area (Å²) in [6.45, 7) is 4.70. The predicted molar refractivity (Wildman–Crippen MR) is 107 cm³/mol. The van der Waals surface area contributed by atoms with Crippen LogP contribution >= 0.6 is 0 Å². The van der Waals surface area contributed by atoms with Gasteiger partial charge in [-0.2, -0.15) is 0 Å². The lowest BCUT2D eigenvalue weighted by atomic mass is 9.80. The van der Waals surface area contributed by atoms with E-state index in [1.165, 1.54) is 0 Å². The lowest BCUT2D eigenvalue weighted by Gasteiger charge is -2.46. The minimum atomic E-state index is -4.56. The van der Waals surface area contributed by atoms with Gasteiger partial charge in [-0.1, -0.05) is 18.2 Å². The maximum absolute atomic E-state index is 12.3. The topological polar surface area (TPSA) is 54.7 Å². The number of ether oxygens (including phenoxy) is 1. The smallest absolute Gasteiger partial charge is 0.478 e. The number of nitrogens with zero attached hydrogens (tertiary/aromatic N) is 2. The number of carboxylic acid groups (broad SMARTS) is 1. The first kappa shape index (κ1) is 21.2. The van der Waals surface area contributed by atoms with Gasteiger partial charge >= 0.3 is 12.3 Å². The van der Waals surface area contributed by atoms with Gasteiger partial charge in [-0.15, -0.1) is 13.2 Å². The number of likely N-dealkylation sites (tertiary alicyclic amines) is 1. The summed E-state index contributed by atoms with van der Waals surface area (Å²) in [5.74, 6) is -0.507. The summed E-state index contributed by atoms with van der Waals surface area (Å²) in [6.07, 6.45) is -1.47. The SMILES string of the molecule is Cc1c(C(=O)O)c2ccccc2n1C(C)C1CCC(N2CC(OC(F)(F)F)C2)CC1. The molecule has 1 aliphatic heterocycles. The molecule has 1 unspecified atom stereocenters. The molecule has 0 radical (unpaired) electrons. The summed E-state index contributed by atoms with van der Waals surface area (Å²) in [4.78, 5) is 13.9. The number of aromatic carboxylic acids is 1. The number of alkyl halides is 3. The zero-order valence-electron chi connectivity index (χ0n) is 17.2. The molecule has 2 fully saturated rings. The third-order valence-electron chi connectivity index (χ3n) is 6.89. The van der Waals surface area contributed by atoms with Crippen molar-refractivity contribution in [2.24, 2.45) is 5.92 Å². The molecule has 0 amide bonds. The van der Waals surface area contributed by atoms with Crippen LogP contribution in [0.1, 0.15) is 54.7 Å². The van der Waals surface area contributed by atoms with Crippen LogP contribution in [0.3, 0.4) is 0 Å². The van der Waals surface area contributed by atoms with Gasteiger partial charge in [-0.3, -0.25) is 9.64 Å². The normalized spacial score (nSPS) is 24.7. The van der Waals surface area contributed by atoms with E-state index in [2.05, 4.69) is 21.1 Å². The second-order valence-electron chi connectivity index (χ2n) is 8.60. The van der Waals surface area contributed by atoms with Crippen molar-refractivity contribution >= 4 is 16.9 Å². The van der Waals surface area contributed by atoms with Crippen molar-refractivity contribution in [3.8, 4) is 0 Å². The van der Waals surface area contributed by atoms with Crippen LogP contribution in [0.5, 0.6) is 0 Å². The highest BCUT2D eigenvalue weighted by molar-refractivity contribution is 6.05. The minimum absolute atomic E-state index is 0.154. The van der Waals surface area contributed by atoms with E-state index in [1.54, 1.807) is 0 Å². The summed E-state index contributed by atoms with van der Waals surface area (Å²) >= 11 is 0. The number of halogens is 3. The molecule has 0 spiro atoms. The zero-order valence-corrected chi connectivity index (χ0v) is 17.2.